The number of aromatic nitrogens is 2. The number of hydrogen-bond donors (Lipinski definition) is 2. The van der Waals surface area contributed by atoms with Crippen molar-refractivity contribution < 1.29 is 9.90 Å². The zero-order valence-electron chi connectivity index (χ0n) is 8.40. The molecule has 5 heteroatoms. The van der Waals surface area contributed by atoms with E-state index in [0.717, 1.165) is 0 Å². The lowest BCUT2D eigenvalue weighted by molar-refractivity contribution is 0.0910. The first kappa shape index (κ1) is 10.7. The van der Waals surface area contributed by atoms with Gasteiger partial charge >= 0.3 is 0 Å². The molecule has 0 saturated heterocycles. The Hall–Kier alpha value is -1.36. The smallest absolute Gasteiger partial charge is 0.271 e. The van der Waals surface area contributed by atoms with Crippen molar-refractivity contribution >= 4 is 5.91 Å². The molecule has 1 unspecified atom stereocenters. The SMILES string of the molecule is CCC(CO)NC(=O)c1cn(C)cn1. The van der Waals surface area contributed by atoms with Gasteiger partial charge in [-0.3, -0.25) is 4.79 Å². The molecule has 2 N–H and O–H groups in total. The van der Waals surface area contributed by atoms with Crippen molar-refractivity contribution in [2.75, 3.05) is 6.61 Å². The number of aliphatic hydroxyl groups is 1. The summed E-state index contributed by atoms with van der Waals surface area (Å²) in [6.45, 7) is 1.86. The van der Waals surface area contributed by atoms with Crippen molar-refractivity contribution in [3.8, 4) is 0 Å². The van der Waals surface area contributed by atoms with Gasteiger partial charge in [-0.25, -0.2) is 4.98 Å². The summed E-state index contributed by atoms with van der Waals surface area (Å²) in [6, 6.07) is -0.190. The first-order valence-corrected chi connectivity index (χ1v) is 4.57. The summed E-state index contributed by atoms with van der Waals surface area (Å²) in [5, 5.41) is 11.6. The standard InChI is InChI=1S/C9H15N3O2/c1-3-7(5-13)11-9(14)8-4-12(2)6-10-8/h4,6-7,13H,3,5H2,1-2H3,(H,11,14). The normalized spacial score (nSPS) is 12.5. The molecule has 1 amide bonds. The fourth-order valence-corrected chi connectivity index (χ4v) is 1.07. The molecule has 0 bridgehead atoms. The topological polar surface area (TPSA) is 67.2 Å². The van der Waals surface area contributed by atoms with Gasteiger partial charge in [0.1, 0.15) is 5.69 Å². The summed E-state index contributed by atoms with van der Waals surface area (Å²) >= 11 is 0. The summed E-state index contributed by atoms with van der Waals surface area (Å²) in [7, 11) is 1.80. The van der Waals surface area contributed by atoms with E-state index in [1.54, 1.807) is 24.1 Å². The molecule has 0 aliphatic rings. The van der Waals surface area contributed by atoms with E-state index in [1.165, 1.54) is 0 Å². The highest BCUT2D eigenvalue weighted by molar-refractivity contribution is 5.92. The first-order chi connectivity index (χ1) is 6.67. The quantitative estimate of drug-likeness (QED) is 0.709. The van der Waals surface area contributed by atoms with Crippen molar-refractivity contribution in [2.24, 2.45) is 7.05 Å². The number of aliphatic hydroxyl groups excluding tert-OH is 1. The van der Waals surface area contributed by atoms with Crippen molar-refractivity contribution in [1.29, 1.82) is 0 Å². The number of carbonyl (C=O) groups is 1. The van der Waals surface area contributed by atoms with Gasteiger partial charge in [-0.15, -0.1) is 0 Å². The molecule has 1 aromatic rings. The molecule has 0 aliphatic carbocycles. The monoisotopic (exact) mass is 197 g/mol. The third kappa shape index (κ3) is 2.56. The van der Waals surface area contributed by atoms with Gasteiger partial charge in [-0.1, -0.05) is 6.92 Å². The number of carbonyl (C=O) groups excluding carboxylic acids is 1. The molecule has 78 valence electrons. The fraction of sp³-hybridized carbons (Fsp3) is 0.556. The minimum Gasteiger partial charge on any atom is -0.394 e. The van der Waals surface area contributed by atoms with Gasteiger partial charge in [0.2, 0.25) is 0 Å². The van der Waals surface area contributed by atoms with Gasteiger partial charge in [0.15, 0.2) is 0 Å². The largest absolute Gasteiger partial charge is 0.394 e. The molecule has 5 nitrogen and oxygen atoms in total. The minimum atomic E-state index is -0.244. The van der Waals surface area contributed by atoms with E-state index >= 15 is 0 Å². The zero-order chi connectivity index (χ0) is 10.6. The van der Waals surface area contributed by atoms with Gasteiger partial charge in [-0.05, 0) is 6.42 Å². The van der Waals surface area contributed by atoms with Crippen LogP contribution in [-0.2, 0) is 7.05 Å². The molecule has 0 spiro atoms. The second-order valence-electron chi connectivity index (χ2n) is 3.19. The van der Waals surface area contributed by atoms with Crippen LogP contribution in [0.4, 0.5) is 0 Å². The number of nitrogens with zero attached hydrogens (tertiary/aromatic N) is 2. The van der Waals surface area contributed by atoms with Gasteiger partial charge in [-0.2, -0.15) is 0 Å². The molecule has 0 radical (unpaired) electrons. The molecule has 1 rings (SSSR count). The van der Waals surface area contributed by atoms with Gasteiger partial charge in [0.25, 0.3) is 5.91 Å². The van der Waals surface area contributed by atoms with Crippen LogP contribution in [-0.4, -0.2) is 33.2 Å². The van der Waals surface area contributed by atoms with Crippen molar-refractivity contribution in [1.82, 2.24) is 14.9 Å². The maximum atomic E-state index is 11.5. The van der Waals surface area contributed by atoms with Crippen LogP contribution in [0.3, 0.4) is 0 Å². The molecule has 14 heavy (non-hydrogen) atoms. The van der Waals surface area contributed by atoms with Gasteiger partial charge in [0, 0.05) is 13.2 Å². The fourth-order valence-electron chi connectivity index (χ4n) is 1.07. The van der Waals surface area contributed by atoms with Crippen LogP contribution in [0.5, 0.6) is 0 Å². The van der Waals surface area contributed by atoms with Crippen LogP contribution < -0.4 is 5.32 Å². The average molecular weight is 197 g/mol. The summed E-state index contributed by atoms with van der Waals surface area (Å²) in [4.78, 5) is 15.4. The second-order valence-corrected chi connectivity index (χ2v) is 3.19. The van der Waals surface area contributed by atoms with E-state index < -0.39 is 0 Å². The lowest BCUT2D eigenvalue weighted by atomic mass is 10.2. The lowest BCUT2D eigenvalue weighted by Crippen LogP contribution is -2.37. The number of aryl methyl sites for hydroxylation is 1. The van der Waals surface area contributed by atoms with Crippen molar-refractivity contribution in [3.63, 3.8) is 0 Å². The molecule has 0 fully saturated rings. The van der Waals surface area contributed by atoms with Gasteiger partial charge in [0.05, 0.1) is 19.0 Å². The number of rotatable bonds is 4. The minimum absolute atomic E-state index is 0.0466. The van der Waals surface area contributed by atoms with Crippen molar-refractivity contribution in [3.05, 3.63) is 18.2 Å². The van der Waals surface area contributed by atoms with E-state index in [4.69, 9.17) is 5.11 Å². The third-order valence-corrected chi connectivity index (χ3v) is 1.99. The van der Waals surface area contributed by atoms with E-state index in [2.05, 4.69) is 10.3 Å². The van der Waals surface area contributed by atoms with Crippen LogP contribution in [0.1, 0.15) is 23.8 Å². The zero-order valence-corrected chi connectivity index (χ0v) is 8.40. The Kier molecular flexibility index (Phi) is 3.64. The molecule has 1 atom stereocenters. The third-order valence-electron chi connectivity index (χ3n) is 1.99. The van der Waals surface area contributed by atoms with Crippen LogP contribution in [0.2, 0.25) is 0 Å². The van der Waals surface area contributed by atoms with Crippen LogP contribution >= 0.6 is 0 Å². The molecule has 0 aromatic carbocycles. The van der Waals surface area contributed by atoms with E-state index in [-0.39, 0.29) is 18.6 Å². The van der Waals surface area contributed by atoms with E-state index in [9.17, 15) is 4.79 Å². The summed E-state index contributed by atoms with van der Waals surface area (Å²) in [5.41, 5.74) is 0.374. The first-order valence-electron chi connectivity index (χ1n) is 4.57. The number of nitrogens with one attached hydrogen (secondary N) is 1. The highest BCUT2D eigenvalue weighted by Crippen LogP contribution is 1.96. The molecular formula is C9H15N3O2. The Morgan fingerprint density at radius 3 is 2.93 bits per heavy atom. The molecule has 1 aromatic heterocycles. The Bertz CT molecular complexity index is 305. The van der Waals surface area contributed by atoms with Gasteiger partial charge < -0.3 is 15.0 Å². The van der Waals surface area contributed by atoms with E-state index in [1.807, 2.05) is 6.92 Å². The molecule has 0 aliphatic heterocycles. The number of imidazole rings is 1. The summed E-state index contributed by atoms with van der Waals surface area (Å²) in [6.07, 6.45) is 3.91. The lowest BCUT2D eigenvalue weighted by Gasteiger charge is -2.12. The summed E-state index contributed by atoms with van der Waals surface area (Å²) in [5.74, 6) is -0.244. The number of amides is 1. The maximum absolute atomic E-state index is 11.5. The highest BCUT2D eigenvalue weighted by Gasteiger charge is 2.12. The Labute approximate surface area is 82.8 Å². The van der Waals surface area contributed by atoms with Crippen molar-refractivity contribution in [2.45, 2.75) is 19.4 Å². The Morgan fingerprint density at radius 1 is 1.79 bits per heavy atom. The Morgan fingerprint density at radius 2 is 2.50 bits per heavy atom. The second kappa shape index (κ2) is 4.76. The van der Waals surface area contributed by atoms with Crippen LogP contribution in [0.25, 0.3) is 0 Å². The average Bonchev–Trinajstić information content (AvgIpc) is 2.61. The summed E-state index contributed by atoms with van der Waals surface area (Å²) < 4.78 is 1.70. The number of hydrogen-bond acceptors (Lipinski definition) is 3. The molecular weight excluding hydrogens is 182 g/mol. The highest BCUT2D eigenvalue weighted by atomic mass is 16.3. The van der Waals surface area contributed by atoms with E-state index in [0.29, 0.717) is 12.1 Å². The predicted molar refractivity (Wildman–Crippen MR) is 51.8 cm³/mol. The predicted octanol–water partition coefficient (Wildman–Crippen LogP) is -0.0792. The van der Waals surface area contributed by atoms with Crippen LogP contribution in [0, 0.1) is 0 Å². The maximum Gasteiger partial charge on any atom is 0.271 e. The molecule has 0 saturated carbocycles. The Balaban J connectivity index is 2.58. The molecule has 1 heterocycles. The van der Waals surface area contributed by atoms with Crippen LogP contribution in [0.15, 0.2) is 12.5 Å².